The molecule has 1 unspecified atom stereocenters. The maximum Gasteiger partial charge on any atom is 0.239 e. The van der Waals surface area contributed by atoms with Gasteiger partial charge in [-0.3, -0.25) is 0 Å². The van der Waals surface area contributed by atoms with Gasteiger partial charge in [-0.15, -0.1) is 0 Å². The van der Waals surface area contributed by atoms with Crippen LogP contribution in [0.3, 0.4) is 0 Å². The molecule has 0 aliphatic heterocycles. The summed E-state index contributed by atoms with van der Waals surface area (Å²) in [5, 5.41) is 12.8. The second-order valence-electron chi connectivity index (χ2n) is 5.12. The normalized spacial score (nSPS) is 12.5. The number of nitrogens with zero attached hydrogens (tertiary/aromatic N) is 1. The topological polar surface area (TPSA) is 80.4 Å². The number of aliphatic hydroxyl groups excluding tert-OH is 1. The van der Waals surface area contributed by atoms with Gasteiger partial charge in [0.15, 0.2) is 0 Å². The Morgan fingerprint density at radius 3 is 2.79 bits per heavy atom. The van der Waals surface area contributed by atoms with Crippen LogP contribution in [-0.4, -0.2) is 29.3 Å². The molecule has 0 aliphatic rings. The first-order chi connectivity index (χ1) is 9.02. The number of nitrogen functional groups attached to an aromatic ring is 1. The molecule has 0 aliphatic carbocycles. The van der Waals surface area contributed by atoms with Crippen molar-refractivity contribution in [2.45, 2.75) is 39.7 Å². The van der Waals surface area contributed by atoms with E-state index < -0.39 is 0 Å². The maximum atomic E-state index is 9.66. The van der Waals surface area contributed by atoms with Crippen LogP contribution in [-0.2, 0) is 0 Å². The minimum atomic E-state index is -0.357. The van der Waals surface area contributed by atoms with Crippen molar-refractivity contribution in [3.05, 3.63) is 12.1 Å². The fraction of sp³-hybridized carbons (Fsp3) is 0.643. The van der Waals surface area contributed by atoms with E-state index >= 15 is 0 Å². The fourth-order valence-corrected chi connectivity index (χ4v) is 1.57. The molecule has 108 valence electrons. The van der Waals surface area contributed by atoms with Gasteiger partial charge in [0, 0.05) is 6.54 Å². The van der Waals surface area contributed by atoms with Crippen LogP contribution in [0.2, 0.25) is 0 Å². The van der Waals surface area contributed by atoms with Gasteiger partial charge in [0.1, 0.15) is 5.82 Å². The number of aromatic nitrogens is 1. The Kier molecular flexibility index (Phi) is 6.42. The molecule has 1 aromatic heterocycles. The van der Waals surface area contributed by atoms with E-state index in [1.54, 1.807) is 12.1 Å². The third-order valence-corrected chi connectivity index (χ3v) is 2.58. The van der Waals surface area contributed by atoms with E-state index in [0.29, 0.717) is 36.5 Å². The van der Waals surface area contributed by atoms with Crippen LogP contribution in [0.1, 0.15) is 33.6 Å². The molecule has 5 nitrogen and oxygen atoms in total. The zero-order valence-electron chi connectivity index (χ0n) is 12.0. The second-order valence-corrected chi connectivity index (χ2v) is 5.12. The Balaban J connectivity index is 2.57. The van der Waals surface area contributed by atoms with Gasteiger partial charge in [0.05, 0.1) is 18.4 Å². The van der Waals surface area contributed by atoms with E-state index in [-0.39, 0.29) is 6.10 Å². The Bertz CT molecular complexity index is 383. The van der Waals surface area contributed by atoms with Crippen molar-refractivity contribution in [1.29, 1.82) is 0 Å². The molecule has 0 amide bonds. The molecular formula is C14H25N3O2. The van der Waals surface area contributed by atoms with Crippen LogP contribution in [0.4, 0.5) is 11.5 Å². The summed E-state index contributed by atoms with van der Waals surface area (Å²) in [5.41, 5.74) is 6.34. The standard InChI is InChI=1S/C14H25N3O2/c1-4-5-11(18)8-16-13-7-6-12(15)14(17-13)19-9-10(2)3/h6-7,10-11,18H,4-5,8-9,15H2,1-3H3,(H,16,17). The van der Waals surface area contributed by atoms with Crippen LogP contribution in [0, 0.1) is 5.92 Å². The third-order valence-electron chi connectivity index (χ3n) is 2.58. The molecule has 1 atom stereocenters. The molecule has 19 heavy (non-hydrogen) atoms. The molecule has 0 fully saturated rings. The van der Waals surface area contributed by atoms with Gasteiger partial charge in [-0.05, 0) is 24.5 Å². The highest BCUT2D eigenvalue weighted by Gasteiger charge is 2.07. The van der Waals surface area contributed by atoms with Crippen LogP contribution in [0.15, 0.2) is 12.1 Å². The number of aliphatic hydroxyl groups is 1. The van der Waals surface area contributed by atoms with Gasteiger partial charge in [-0.25, -0.2) is 0 Å². The third kappa shape index (κ3) is 5.79. The van der Waals surface area contributed by atoms with Crippen molar-refractivity contribution >= 4 is 11.5 Å². The Morgan fingerprint density at radius 2 is 2.16 bits per heavy atom. The van der Waals surface area contributed by atoms with Gasteiger partial charge >= 0.3 is 0 Å². The minimum Gasteiger partial charge on any atom is -0.476 e. The van der Waals surface area contributed by atoms with Crippen molar-refractivity contribution in [1.82, 2.24) is 4.98 Å². The molecule has 0 saturated heterocycles. The average molecular weight is 267 g/mol. The number of rotatable bonds is 8. The molecule has 0 aromatic carbocycles. The number of pyridine rings is 1. The van der Waals surface area contributed by atoms with E-state index in [2.05, 4.69) is 24.1 Å². The summed E-state index contributed by atoms with van der Waals surface area (Å²) < 4.78 is 5.55. The number of ether oxygens (including phenoxy) is 1. The first-order valence-electron chi connectivity index (χ1n) is 6.84. The zero-order chi connectivity index (χ0) is 14.3. The molecule has 1 rings (SSSR count). The van der Waals surface area contributed by atoms with E-state index in [9.17, 15) is 5.11 Å². The quantitative estimate of drug-likeness (QED) is 0.673. The first-order valence-corrected chi connectivity index (χ1v) is 6.84. The Morgan fingerprint density at radius 1 is 1.42 bits per heavy atom. The highest BCUT2D eigenvalue weighted by Crippen LogP contribution is 2.21. The molecular weight excluding hydrogens is 242 g/mol. The van der Waals surface area contributed by atoms with E-state index in [4.69, 9.17) is 10.5 Å². The lowest BCUT2D eigenvalue weighted by Gasteiger charge is -2.14. The van der Waals surface area contributed by atoms with Crippen molar-refractivity contribution in [2.24, 2.45) is 5.92 Å². The lowest BCUT2D eigenvalue weighted by Crippen LogP contribution is -2.19. The molecule has 0 spiro atoms. The van der Waals surface area contributed by atoms with Crippen molar-refractivity contribution in [2.75, 3.05) is 24.2 Å². The molecule has 4 N–H and O–H groups in total. The summed E-state index contributed by atoms with van der Waals surface area (Å²) in [6.45, 7) is 7.24. The van der Waals surface area contributed by atoms with Crippen molar-refractivity contribution in [3.63, 3.8) is 0 Å². The number of hydrogen-bond donors (Lipinski definition) is 3. The summed E-state index contributed by atoms with van der Waals surface area (Å²) in [7, 11) is 0. The summed E-state index contributed by atoms with van der Waals surface area (Å²) in [4.78, 5) is 4.31. The van der Waals surface area contributed by atoms with E-state index in [1.807, 2.05) is 6.92 Å². The van der Waals surface area contributed by atoms with Crippen molar-refractivity contribution in [3.8, 4) is 5.88 Å². The Labute approximate surface area is 115 Å². The SMILES string of the molecule is CCCC(O)CNc1ccc(N)c(OCC(C)C)n1. The largest absolute Gasteiger partial charge is 0.476 e. The predicted octanol–water partition coefficient (Wildman–Crippen LogP) is 2.27. The molecule has 0 radical (unpaired) electrons. The molecule has 1 heterocycles. The van der Waals surface area contributed by atoms with Gasteiger partial charge in [-0.2, -0.15) is 4.98 Å². The lowest BCUT2D eigenvalue weighted by molar-refractivity contribution is 0.176. The van der Waals surface area contributed by atoms with E-state index in [0.717, 1.165) is 12.8 Å². The molecule has 0 bridgehead atoms. The first kappa shape index (κ1) is 15.6. The van der Waals surface area contributed by atoms with Gasteiger partial charge < -0.3 is 20.9 Å². The molecule has 1 aromatic rings. The van der Waals surface area contributed by atoms with Crippen LogP contribution < -0.4 is 15.8 Å². The molecule has 5 heteroatoms. The van der Waals surface area contributed by atoms with Crippen LogP contribution >= 0.6 is 0 Å². The van der Waals surface area contributed by atoms with Gasteiger partial charge in [0.25, 0.3) is 0 Å². The van der Waals surface area contributed by atoms with E-state index in [1.165, 1.54) is 0 Å². The second kappa shape index (κ2) is 7.84. The summed E-state index contributed by atoms with van der Waals surface area (Å²) in [6, 6.07) is 3.55. The number of anilines is 2. The lowest BCUT2D eigenvalue weighted by atomic mass is 10.2. The Hall–Kier alpha value is -1.49. The number of nitrogens with two attached hydrogens (primary N) is 1. The minimum absolute atomic E-state index is 0.357. The summed E-state index contributed by atoms with van der Waals surface area (Å²) in [5.74, 6) is 1.54. The zero-order valence-corrected chi connectivity index (χ0v) is 12.0. The number of nitrogens with one attached hydrogen (secondary N) is 1. The summed E-state index contributed by atoms with van der Waals surface area (Å²) >= 11 is 0. The monoisotopic (exact) mass is 267 g/mol. The van der Waals surface area contributed by atoms with Crippen LogP contribution in [0.5, 0.6) is 5.88 Å². The van der Waals surface area contributed by atoms with Gasteiger partial charge in [0.2, 0.25) is 5.88 Å². The smallest absolute Gasteiger partial charge is 0.239 e. The predicted molar refractivity (Wildman–Crippen MR) is 78.4 cm³/mol. The van der Waals surface area contributed by atoms with Gasteiger partial charge in [-0.1, -0.05) is 27.2 Å². The fourth-order valence-electron chi connectivity index (χ4n) is 1.57. The van der Waals surface area contributed by atoms with Crippen molar-refractivity contribution < 1.29 is 9.84 Å². The van der Waals surface area contributed by atoms with Crippen LogP contribution in [0.25, 0.3) is 0 Å². The number of hydrogen-bond acceptors (Lipinski definition) is 5. The maximum absolute atomic E-state index is 9.66. The molecule has 0 saturated carbocycles. The highest BCUT2D eigenvalue weighted by atomic mass is 16.5. The summed E-state index contributed by atoms with van der Waals surface area (Å²) in [6.07, 6.45) is 1.38. The highest BCUT2D eigenvalue weighted by molar-refractivity contribution is 5.53. The average Bonchev–Trinajstić information content (AvgIpc) is 2.36.